The van der Waals surface area contributed by atoms with Crippen molar-refractivity contribution in [3.05, 3.63) is 72.3 Å². The lowest BCUT2D eigenvalue weighted by molar-refractivity contribution is 0.0223. The van der Waals surface area contributed by atoms with Crippen molar-refractivity contribution in [3.63, 3.8) is 0 Å². The minimum atomic E-state index is -0.319. The first-order chi connectivity index (χ1) is 40.7. The third-order valence-electron chi connectivity index (χ3n) is 14.4. The Bertz CT molecular complexity index is 2510. The van der Waals surface area contributed by atoms with E-state index in [1.807, 2.05) is 36.4 Å². The van der Waals surface area contributed by atoms with Crippen molar-refractivity contribution in [3.8, 4) is 46.0 Å². The number of hydrogen-bond acceptors (Lipinski definition) is 22. The van der Waals surface area contributed by atoms with Crippen LogP contribution >= 0.6 is 0 Å². The maximum atomic E-state index is 6.66. The molecule has 4 fully saturated rings. The molecule has 22 heteroatoms. The molecule has 0 N–H and O–H groups in total. The molecule has 1 unspecified atom stereocenters. The summed E-state index contributed by atoms with van der Waals surface area (Å²) in [4.78, 5) is 9.22. The second-order valence-corrected chi connectivity index (χ2v) is 19.8. The van der Waals surface area contributed by atoms with Crippen molar-refractivity contribution in [2.24, 2.45) is 0 Å². The smallest absolute Gasteiger partial charge is 0.163 e. The minimum Gasteiger partial charge on any atom is -0.487 e. The Labute approximate surface area is 481 Å². The lowest BCUT2D eigenvalue weighted by Crippen LogP contribution is -2.40. The van der Waals surface area contributed by atoms with E-state index in [0.29, 0.717) is 244 Å². The maximum absolute atomic E-state index is 6.66. The van der Waals surface area contributed by atoms with E-state index in [-0.39, 0.29) is 12.7 Å². The fourth-order valence-electron chi connectivity index (χ4n) is 10.2. The lowest BCUT2D eigenvalue weighted by atomic mass is 10.0. The van der Waals surface area contributed by atoms with Gasteiger partial charge in [0.2, 0.25) is 0 Å². The number of benzene rings is 4. The van der Waals surface area contributed by atoms with E-state index in [2.05, 4.69) is 49.9 Å². The van der Waals surface area contributed by atoms with Gasteiger partial charge in [0.15, 0.2) is 46.0 Å². The predicted molar refractivity (Wildman–Crippen MR) is 305 cm³/mol. The Balaban J connectivity index is 0.770. The molecule has 6 heterocycles. The summed E-state index contributed by atoms with van der Waals surface area (Å²) >= 11 is 0. The molecule has 4 aromatic carbocycles. The van der Waals surface area contributed by atoms with Crippen LogP contribution in [0.5, 0.6) is 46.0 Å². The predicted octanol–water partition coefficient (Wildman–Crippen LogP) is 5.33. The van der Waals surface area contributed by atoms with Crippen LogP contribution in [0.15, 0.2) is 66.7 Å². The topological polar surface area (TPSA) is 179 Å². The van der Waals surface area contributed by atoms with E-state index < -0.39 is 0 Å². The normalized spacial score (nSPS) is 21.7. The van der Waals surface area contributed by atoms with Crippen LogP contribution in [-0.4, -0.2) is 231 Å². The molecule has 0 aliphatic carbocycles. The number of rotatable bonds is 5. The molecule has 0 amide bonds. The molecule has 4 saturated heterocycles. The summed E-state index contributed by atoms with van der Waals surface area (Å²) in [6, 6.07) is 22.2. The number of nitrogens with zero attached hydrogens (tertiary/aromatic N) is 4. The van der Waals surface area contributed by atoms with E-state index in [4.69, 9.17) is 85.3 Å². The summed E-state index contributed by atoms with van der Waals surface area (Å²) < 4.78 is 110. The maximum Gasteiger partial charge on any atom is 0.163 e. The van der Waals surface area contributed by atoms with Gasteiger partial charge in [-0.1, -0.05) is 0 Å². The highest BCUT2D eigenvalue weighted by atomic mass is 16.6. The van der Waals surface area contributed by atoms with Crippen LogP contribution in [-0.2, 0) is 47.4 Å². The molecule has 0 saturated carbocycles. The van der Waals surface area contributed by atoms with Crippen LogP contribution < -0.4 is 57.5 Å². The van der Waals surface area contributed by atoms with Crippen molar-refractivity contribution in [2.45, 2.75) is 6.10 Å². The van der Waals surface area contributed by atoms with Gasteiger partial charge in [-0.2, -0.15) is 0 Å². The standard InChI is InChI=1S/C60H82N4O18/c1-4-52-55(41-47(1)61-7-14-65-15-8-61)78-36-28-70-23-21-69-26-34-76-54-6-3-49(43-57(54)80-37-29-71-24-22-68-25-33-75-52)64-13-20-74-60(46-64)50-44-58-59(45-51(50)63-11-18-67-19-12-63)82-40-32-72-27-35-77-53-5-2-48(62-9-16-66-17-10-62)42-56(53)79-38-30-73-31-39-81-58/h1-6,41-45,60H,7-40,46H2. The van der Waals surface area contributed by atoms with Crippen molar-refractivity contribution >= 4 is 22.7 Å². The molecule has 1 atom stereocenters. The highest BCUT2D eigenvalue weighted by Gasteiger charge is 2.30. The number of fused-ring (bicyclic) bond motifs is 4. The van der Waals surface area contributed by atoms with Gasteiger partial charge in [0.05, 0.1) is 126 Å². The fourth-order valence-corrected chi connectivity index (χ4v) is 10.2. The minimum absolute atomic E-state index is 0.288. The number of hydrogen-bond donors (Lipinski definition) is 0. The average Bonchev–Trinajstić information content (AvgIpc) is 3.64. The first-order valence-corrected chi connectivity index (χ1v) is 29.2. The highest BCUT2D eigenvalue weighted by Crippen LogP contribution is 2.43. The summed E-state index contributed by atoms with van der Waals surface area (Å²) in [5.41, 5.74) is 5.09. The third-order valence-corrected chi connectivity index (χ3v) is 14.4. The molecule has 0 spiro atoms. The summed E-state index contributed by atoms with van der Waals surface area (Å²) in [6.07, 6.45) is -0.319. The average molecular weight is 1150 g/mol. The quantitative estimate of drug-likeness (QED) is 0.250. The van der Waals surface area contributed by atoms with Crippen LogP contribution in [0, 0.1) is 0 Å². The van der Waals surface area contributed by atoms with Crippen molar-refractivity contribution < 1.29 is 85.3 Å². The zero-order valence-corrected chi connectivity index (χ0v) is 47.3. The highest BCUT2D eigenvalue weighted by molar-refractivity contribution is 5.65. The van der Waals surface area contributed by atoms with Gasteiger partial charge in [-0.25, -0.2) is 0 Å². The molecular weight excluding hydrogens is 1060 g/mol. The molecule has 10 rings (SSSR count). The largest absolute Gasteiger partial charge is 0.487 e. The Morgan fingerprint density at radius 1 is 0.244 bits per heavy atom. The summed E-state index contributed by atoms with van der Waals surface area (Å²) in [5.74, 6) is 5.04. The molecular formula is C60H82N4O18. The van der Waals surface area contributed by atoms with Gasteiger partial charge in [0.1, 0.15) is 59.0 Å². The van der Waals surface area contributed by atoms with Crippen LogP contribution in [0.3, 0.4) is 0 Å². The van der Waals surface area contributed by atoms with Gasteiger partial charge in [-0.3, -0.25) is 0 Å². The van der Waals surface area contributed by atoms with E-state index in [0.717, 1.165) is 54.5 Å². The number of anilines is 4. The Morgan fingerprint density at radius 2 is 0.524 bits per heavy atom. The Kier molecular flexibility index (Phi) is 23.7. The van der Waals surface area contributed by atoms with E-state index >= 15 is 0 Å². The van der Waals surface area contributed by atoms with Gasteiger partial charge < -0.3 is 105 Å². The van der Waals surface area contributed by atoms with Gasteiger partial charge in [0.25, 0.3) is 0 Å². The first-order valence-electron chi connectivity index (χ1n) is 29.2. The van der Waals surface area contributed by atoms with Crippen molar-refractivity contribution in [1.82, 2.24) is 0 Å². The summed E-state index contributed by atoms with van der Waals surface area (Å²) in [7, 11) is 0. The van der Waals surface area contributed by atoms with E-state index in [1.54, 1.807) is 0 Å². The zero-order valence-electron chi connectivity index (χ0n) is 47.3. The molecule has 22 nitrogen and oxygen atoms in total. The summed E-state index contributed by atoms with van der Waals surface area (Å²) in [5, 5.41) is 0. The zero-order chi connectivity index (χ0) is 55.6. The fraction of sp³-hybridized carbons (Fsp3) is 0.600. The molecule has 0 radical (unpaired) electrons. The molecule has 0 aromatic heterocycles. The van der Waals surface area contributed by atoms with Crippen LogP contribution in [0.1, 0.15) is 11.7 Å². The third kappa shape index (κ3) is 17.8. The molecule has 0 bridgehead atoms. The molecule has 450 valence electrons. The second-order valence-electron chi connectivity index (χ2n) is 19.8. The molecule has 6 aliphatic rings. The van der Waals surface area contributed by atoms with E-state index in [9.17, 15) is 0 Å². The first kappa shape index (κ1) is 59.2. The van der Waals surface area contributed by atoms with Gasteiger partial charge in [-0.15, -0.1) is 0 Å². The van der Waals surface area contributed by atoms with Gasteiger partial charge in [0, 0.05) is 105 Å². The lowest BCUT2D eigenvalue weighted by Gasteiger charge is -2.38. The Hall–Kier alpha value is -5.92. The van der Waals surface area contributed by atoms with Crippen LogP contribution in [0.2, 0.25) is 0 Å². The van der Waals surface area contributed by atoms with Gasteiger partial charge in [-0.05, 0) is 42.5 Å². The number of morpholine rings is 4. The summed E-state index contributed by atoms with van der Waals surface area (Å²) in [6.45, 7) is 17.6. The SMILES string of the molecule is c1cc2c(cc1N1CCOCC1)OCCOCCOCCOc1ccc(N3CCOC(c4cc5c(cc4N4CCOCC4)OCCOCCOc4ccc(N6CCOCC6)cc4OCCOCCO5)C3)cc1OCCOCCOCCO2. The number of ether oxygens (including phenoxy) is 18. The molecule has 4 aromatic rings. The molecule has 82 heavy (non-hydrogen) atoms. The monoisotopic (exact) mass is 1150 g/mol. The van der Waals surface area contributed by atoms with Gasteiger partial charge >= 0.3 is 0 Å². The van der Waals surface area contributed by atoms with E-state index in [1.165, 1.54) is 0 Å². The Morgan fingerprint density at radius 3 is 0.902 bits per heavy atom. The van der Waals surface area contributed by atoms with Crippen molar-refractivity contribution in [2.75, 3.05) is 250 Å². The second kappa shape index (κ2) is 32.8. The van der Waals surface area contributed by atoms with Crippen LogP contribution in [0.25, 0.3) is 0 Å². The van der Waals surface area contributed by atoms with Crippen molar-refractivity contribution in [1.29, 1.82) is 0 Å². The van der Waals surface area contributed by atoms with Crippen LogP contribution in [0.4, 0.5) is 22.7 Å². The molecule has 6 aliphatic heterocycles.